The molecule has 0 aliphatic heterocycles. The second kappa shape index (κ2) is 6.44. The summed E-state index contributed by atoms with van der Waals surface area (Å²) in [5.41, 5.74) is 3.08. The second-order valence-electron chi connectivity index (χ2n) is 5.33. The summed E-state index contributed by atoms with van der Waals surface area (Å²) in [6.45, 7) is 1.84. The first-order chi connectivity index (χ1) is 12.0. The number of amides is 1. The molecule has 0 aliphatic carbocycles. The van der Waals surface area contributed by atoms with Crippen molar-refractivity contribution in [1.82, 2.24) is 14.8 Å². The molecule has 3 aromatic rings. The maximum absolute atomic E-state index is 12.4. The maximum Gasteiger partial charge on any atom is 0.271 e. The highest BCUT2D eigenvalue weighted by Gasteiger charge is 2.10. The third-order valence-corrected chi connectivity index (χ3v) is 3.49. The minimum absolute atomic E-state index is 0.0375. The summed E-state index contributed by atoms with van der Waals surface area (Å²) < 4.78 is 1.27. The Labute approximate surface area is 141 Å². The molecule has 3 N–H and O–H groups in total. The number of aromatic nitrogens is 2. The van der Waals surface area contributed by atoms with Crippen LogP contribution in [0.3, 0.4) is 0 Å². The predicted octanol–water partition coefficient (Wildman–Crippen LogP) is 1.18. The lowest BCUT2D eigenvalue weighted by molar-refractivity contribution is 0.0955. The lowest BCUT2D eigenvalue weighted by Crippen LogP contribution is -2.22. The van der Waals surface area contributed by atoms with Crippen LogP contribution in [0.2, 0.25) is 0 Å². The molecule has 0 spiro atoms. The number of aromatic hydroxyl groups is 2. The van der Waals surface area contributed by atoms with Gasteiger partial charge in [-0.3, -0.25) is 14.0 Å². The number of carbonyl (C=O) groups excluding carboxylic acids is 1. The summed E-state index contributed by atoms with van der Waals surface area (Å²) in [4.78, 5) is 28.2. The van der Waals surface area contributed by atoms with Crippen LogP contribution in [0.1, 0.15) is 21.5 Å². The molecule has 0 saturated carbocycles. The molecule has 2 heterocycles. The molecule has 2 aromatic heterocycles. The van der Waals surface area contributed by atoms with Gasteiger partial charge >= 0.3 is 0 Å². The highest BCUT2D eigenvalue weighted by molar-refractivity contribution is 5.95. The van der Waals surface area contributed by atoms with Crippen molar-refractivity contribution in [3.8, 4) is 11.6 Å². The van der Waals surface area contributed by atoms with Gasteiger partial charge in [0, 0.05) is 11.8 Å². The molecule has 0 bridgehead atoms. The van der Waals surface area contributed by atoms with Crippen molar-refractivity contribution < 1.29 is 15.0 Å². The Hall–Kier alpha value is -3.68. The standard InChI is InChI=1S/C17H14N4O4/c1-10-6-7-21-14(8-10)19-16(24)13(17(21)25)9-18-20-15(23)11-2-4-12(22)5-3-11/h2-9,22,24H,1H3,(H,20,23)/b18-9+. The molecule has 0 radical (unpaired) electrons. The Morgan fingerprint density at radius 3 is 2.68 bits per heavy atom. The summed E-state index contributed by atoms with van der Waals surface area (Å²) >= 11 is 0. The van der Waals surface area contributed by atoms with Gasteiger partial charge in [0.2, 0.25) is 5.88 Å². The van der Waals surface area contributed by atoms with Crippen LogP contribution in [0.25, 0.3) is 5.65 Å². The zero-order chi connectivity index (χ0) is 18.0. The lowest BCUT2D eigenvalue weighted by atomic mass is 10.2. The largest absolute Gasteiger partial charge is 0.508 e. The highest BCUT2D eigenvalue weighted by Crippen LogP contribution is 2.11. The molecule has 0 saturated heterocycles. The summed E-state index contributed by atoms with van der Waals surface area (Å²) in [7, 11) is 0. The number of fused-ring (bicyclic) bond motifs is 1. The number of hydrazone groups is 1. The summed E-state index contributed by atoms with van der Waals surface area (Å²) in [5.74, 6) is -0.964. The van der Waals surface area contributed by atoms with Gasteiger partial charge in [0.25, 0.3) is 11.5 Å². The summed E-state index contributed by atoms with van der Waals surface area (Å²) in [6.07, 6.45) is 2.58. The van der Waals surface area contributed by atoms with E-state index in [1.807, 2.05) is 6.92 Å². The Bertz CT molecular complexity index is 1040. The van der Waals surface area contributed by atoms with E-state index in [4.69, 9.17) is 0 Å². The van der Waals surface area contributed by atoms with Crippen LogP contribution in [0.4, 0.5) is 0 Å². The van der Waals surface area contributed by atoms with Crippen LogP contribution in [-0.4, -0.2) is 31.7 Å². The van der Waals surface area contributed by atoms with Crippen LogP contribution in [0, 0.1) is 6.92 Å². The van der Waals surface area contributed by atoms with Gasteiger partial charge in [-0.2, -0.15) is 10.1 Å². The number of benzene rings is 1. The van der Waals surface area contributed by atoms with Crippen molar-refractivity contribution in [3.63, 3.8) is 0 Å². The van der Waals surface area contributed by atoms with Crippen LogP contribution >= 0.6 is 0 Å². The number of phenols is 1. The number of nitrogens with one attached hydrogen (secondary N) is 1. The van der Waals surface area contributed by atoms with E-state index in [2.05, 4.69) is 15.5 Å². The molecule has 0 aliphatic rings. The molecule has 1 amide bonds. The molecular weight excluding hydrogens is 324 g/mol. The van der Waals surface area contributed by atoms with Gasteiger partial charge in [0.05, 0.1) is 6.21 Å². The fourth-order valence-electron chi connectivity index (χ4n) is 2.19. The first-order valence-electron chi connectivity index (χ1n) is 7.30. The van der Waals surface area contributed by atoms with Crippen molar-refractivity contribution >= 4 is 17.8 Å². The number of rotatable bonds is 3. The monoisotopic (exact) mass is 338 g/mol. The minimum atomic E-state index is -0.528. The van der Waals surface area contributed by atoms with Gasteiger partial charge in [-0.15, -0.1) is 0 Å². The van der Waals surface area contributed by atoms with Crippen molar-refractivity contribution in [1.29, 1.82) is 0 Å². The van der Waals surface area contributed by atoms with E-state index in [0.29, 0.717) is 5.65 Å². The van der Waals surface area contributed by atoms with E-state index in [1.54, 1.807) is 18.3 Å². The number of hydrogen-bond donors (Lipinski definition) is 3. The zero-order valence-corrected chi connectivity index (χ0v) is 13.2. The van der Waals surface area contributed by atoms with Gasteiger partial charge in [0.15, 0.2) is 0 Å². The fraction of sp³-hybridized carbons (Fsp3) is 0.0588. The number of phenolic OH excluding ortho intramolecular Hbond substituents is 1. The molecular formula is C17H14N4O4. The third-order valence-electron chi connectivity index (χ3n) is 3.49. The van der Waals surface area contributed by atoms with E-state index in [0.717, 1.165) is 11.8 Å². The van der Waals surface area contributed by atoms with Crippen LogP contribution in [0.5, 0.6) is 11.6 Å². The van der Waals surface area contributed by atoms with Crippen LogP contribution in [0.15, 0.2) is 52.5 Å². The van der Waals surface area contributed by atoms with E-state index in [-0.39, 0.29) is 16.9 Å². The minimum Gasteiger partial charge on any atom is -0.508 e. The number of carbonyl (C=O) groups is 1. The normalized spacial score (nSPS) is 11.1. The molecule has 0 unspecified atom stereocenters. The zero-order valence-electron chi connectivity index (χ0n) is 13.2. The third kappa shape index (κ3) is 3.32. The smallest absolute Gasteiger partial charge is 0.271 e. The summed E-state index contributed by atoms with van der Waals surface area (Å²) in [5, 5.41) is 22.8. The molecule has 1 aromatic carbocycles. The Balaban J connectivity index is 1.86. The van der Waals surface area contributed by atoms with Crippen molar-refractivity contribution in [2.45, 2.75) is 6.92 Å². The van der Waals surface area contributed by atoms with Crippen molar-refractivity contribution in [2.75, 3.05) is 0 Å². The molecule has 8 nitrogen and oxygen atoms in total. The Morgan fingerprint density at radius 2 is 1.96 bits per heavy atom. The van der Waals surface area contributed by atoms with Gasteiger partial charge in [-0.05, 0) is 48.9 Å². The first kappa shape index (κ1) is 16.2. The molecule has 126 valence electrons. The first-order valence-corrected chi connectivity index (χ1v) is 7.30. The second-order valence-corrected chi connectivity index (χ2v) is 5.33. The SMILES string of the molecule is Cc1ccn2c(=O)c(/C=N/NC(=O)c3ccc(O)cc3)c(O)nc2c1. The van der Waals surface area contributed by atoms with Crippen LogP contribution < -0.4 is 11.0 Å². The van der Waals surface area contributed by atoms with Gasteiger partial charge in [-0.1, -0.05) is 0 Å². The van der Waals surface area contributed by atoms with Gasteiger partial charge in [-0.25, -0.2) is 5.43 Å². The number of aryl methyl sites for hydroxylation is 1. The van der Waals surface area contributed by atoms with Crippen molar-refractivity contribution in [3.05, 3.63) is 69.6 Å². The fourth-order valence-corrected chi connectivity index (χ4v) is 2.19. The maximum atomic E-state index is 12.4. The highest BCUT2D eigenvalue weighted by atomic mass is 16.3. The van der Waals surface area contributed by atoms with E-state index >= 15 is 0 Å². The Kier molecular flexibility index (Phi) is 4.17. The molecule has 3 rings (SSSR count). The quantitative estimate of drug-likeness (QED) is 0.490. The van der Waals surface area contributed by atoms with Crippen molar-refractivity contribution in [2.24, 2.45) is 5.10 Å². The molecule has 8 heteroatoms. The average Bonchev–Trinajstić information content (AvgIpc) is 2.58. The Morgan fingerprint density at radius 1 is 1.24 bits per heavy atom. The molecule has 0 atom stereocenters. The molecule has 25 heavy (non-hydrogen) atoms. The van der Waals surface area contributed by atoms with E-state index in [1.165, 1.54) is 28.7 Å². The number of hydrogen-bond acceptors (Lipinski definition) is 6. The van der Waals surface area contributed by atoms with Gasteiger partial charge < -0.3 is 10.2 Å². The van der Waals surface area contributed by atoms with E-state index < -0.39 is 17.3 Å². The summed E-state index contributed by atoms with van der Waals surface area (Å²) in [6, 6.07) is 8.98. The predicted molar refractivity (Wildman–Crippen MR) is 91.0 cm³/mol. The van der Waals surface area contributed by atoms with E-state index in [9.17, 15) is 19.8 Å². The number of pyridine rings is 1. The number of nitrogens with zero attached hydrogens (tertiary/aromatic N) is 3. The average molecular weight is 338 g/mol. The topological polar surface area (TPSA) is 116 Å². The lowest BCUT2D eigenvalue weighted by Gasteiger charge is -2.04. The van der Waals surface area contributed by atoms with Gasteiger partial charge in [0.1, 0.15) is 17.0 Å². The molecule has 0 fully saturated rings. The van der Waals surface area contributed by atoms with Crippen LogP contribution in [-0.2, 0) is 0 Å².